The number of rotatable bonds is 5. The number of allylic oxidation sites excluding steroid dienone is 1. The molecule has 0 bridgehead atoms. The zero-order valence-electron chi connectivity index (χ0n) is 11.5. The molecule has 104 valence electrons. The topological polar surface area (TPSA) is 48.7 Å². The van der Waals surface area contributed by atoms with Crippen LogP contribution in [0.2, 0.25) is 0 Å². The molecule has 0 radical (unpaired) electrons. The van der Waals surface area contributed by atoms with Crippen LogP contribution in [0, 0.1) is 0 Å². The molecular formula is C16H16O4. The number of benzene rings is 1. The first-order chi connectivity index (χ1) is 9.72. The number of carbonyl (C=O) groups excluding carboxylic acids is 1. The van der Waals surface area contributed by atoms with E-state index < -0.39 is 5.97 Å². The Hall–Kier alpha value is -2.49. The zero-order chi connectivity index (χ0) is 14.4. The fraction of sp³-hybridized carbons (Fsp3) is 0.188. The van der Waals surface area contributed by atoms with Crippen LogP contribution in [0.25, 0.3) is 6.08 Å². The number of ether oxygens (including phenoxy) is 2. The first-order valence-electron chi connectivity index (χ1n) is 6.20. The van der Waals surface area contributed by atoms with E-state index in [9.17, 15) is 4.79 Å². The summed E-state index contributed by atoms with van der Waals surface area (Å²) in [5, 5.41) is 0. The van der Waals surface area contributed by atoms with Gasteiger partial charge in [0, 0.05) is 6.42 Å². The van der Waals surface area contributed by atoms with E-state index in [-0.39, 0.29) is 5.76 Å². The van der Waals surface area contributed by atoms with Crippen LogP contribution in [-0.2, 0) is 11.2 Å². The molecule has 20 heavy (non-hydrogen) atoms. The van der Waals surface area contributed by atoms with Gasteiger partial charge in [0.15, 0.2) is 0 Å². The van der Waals surface area contributed by atoms with Crippen molar-refractivity contribution < 1.29 is 18.7 Å². The van der Waals surface area contributed by atoms with Gasteiger partial charge in [0.05, 0.1) is 14.2 Å². The van der Waals surface area contributed by atoms with Crippen LogP contribution < -0.4 is 4.74 Å². The molecule has 2 rings (SSSR count). The Labute approximate surface area is 117 Å². The van der Waals surface area contributed by atoms with Gasteiger partial charge in [-0.1, -0.05) is 24.3 Å². The average Bonchev–Trinajstić information content (AvgIpc) is 2.96. The van der Waals surface area contributed by atoms with Crippen molar-refractivity contribution in [3.8, 4) is 5.75 Å². The summed E-state index contributed by atoms with van der Waals surface area (Å²) in [7, 11) is 2.97. The monoisotopic (exact) mass is 272 g/mol. The molecule has 4 nitrogen and oxygen atoms in total. The molecule has 0 spiro atoms. The first-order valence-corrected chi connectivity index (χ1v) is 6.20. The lowest BCUT2D eigenvalue weighted by molar-refractivity contribution is 0.0563. The van der Waals surface area contributed by atoms with Crippen molar-refractivity contribution in [1.29, 1.82) is 0 Å². The Morgan fingerprint density at radius 3 is 2.55 bits per heavy atom. The van der Waals surface area contributed by atoms with Crippen molar-refractivity contribution in [2.45, 2.75) is 6.42 Å². The Morgan fingerprint density at radius 2 is 1.90 bits per heavy atom. The Bertz CT molecular complexity index is 593. The van der Waals surface area contributed by atoms with Crippen LogP contribution in [0.3, 0.4) is 0 Å². The number of hydrogen-bond donors (Lipinski definition) is 0. The fourth-order valence-corrected chi connectivity index (χ4v) is 1.72. The summed E-state index contributed by atoms with van der Waals surface area (Å²) < 4.78 is 15.0. The minimum atomic E-state index is -0.463. The zero-order valence-corrected chi connectivity index (χ0v) is 11.5. The van der Waals surface area contributed by atoms with Crippen LogP contribution in [-0.4, -0.2) is 20.2 Å². The van der Waals surface area contributed by atoms with Gasteiger partial charge in [0.2, 0.25) is 5.76 Å². The Balaban J connectivity index is 1.95. The second-order valence-corrected chi connectivity index (χ2v) is 4.14. The molecule has 0 unspecified atom stereocenters. The van der Waals surface area contributed by atoms with Gasteiger partial charge in [-0.3, -0.25) is 0 Å². The summed E-state index contributed by atoms with van der Waals surface area (Å²) in [6.07, 6.45) is 4.57. The van der Waals surface area contributed by atoms with E-state index in [1.165, 1.54) is 7.11 Å². The summed E-state index contributed by atoms with van der Waals surface area (Å²) in [5.41, 5.74) is 1.07. The molecule has 0 aliphatic heterocycles. The van der Waals surface area contributed by atoms with Crippen molar-refractivity contribution in [1.82, 2.24) is 0 Å². The molecule has 1 aromatic carbocycles. The van der Waals surface area contributed by atoms with E-state index in [1.807, 2.05) is 36.4 Å². The quantitative estimate of drug-likeness (QED) is 0.783. The average molecular weight is 272 g/mol. The van der Waals surface area contributed by atoms with E-state index in [0.717, 1.165) is 17.1 Å². The lowest BCUT2D eigenvalue weighted by Crippen LogP contribution is -1.98. The Morgan fingerprint density at radius 1 is 1.15 bits per heavy atom. The highest BCUT2D eigenvalue weighted by molar-refractivity contribution is 5.86. The van der Waals surface area contributed by atoms with Crippen LogP contribution in [0.1, 0.15) is 21.9 Å². The van der Waals surface area contributed by atoms with Crippen molar-refractivity contribution in [3.63, 3.8) is 0 Å². The summed E-state index contributed by atoms with van der Waals surface area (Å²) in [4.78, 5) is 11.2. The Kier molecular flexibility index (Phi) is 4.60. The van der Waals surface area contributed by atoms with Crippen LogP contribution in [0.15, 0.2) is 46.9 Å². The smallest absolute Gasteiger partial charge is 0.373 e. The normalized spacial score (nSPS) is 10.7. The van der Waals surface area contributed by atoms with Crippen molar-refractivity contribution in [2.24, 2.45) is 0 Å². The van der Waals surface area contributed by atoms with Crippen molar-refractivity contribution in [2.75, 3.05) is 14.2 Å². The van der Waals surface area contributed by atoms with Gasteiger partial charge in [-0.2, -0.15) is 0 Å². The fourth-order valence-electron chi connectivity index (χ4n) is 1.72. The van der Waals surface area contributed by atoms with Gasteiger partial charge >= 0.3 is 5.97 Å². The minimum Gasteiger partial charge on any atom is -0.497 e. The number of methoxy groups -OCH3 is 2. The SMILES string of the molecule is COC(=O)c1ccc(C/C=C/c2ccc(OC)cc2)o1. The third-order valence-corrected chi connectivity index (χ3v) is 2.79. The highest BCUT2D eigenvalue weighted by atomic mass is 16.5. The van der Waals surface area contributed by atoms with Gasteiger partial charge < -0.3 is 13.9 Å². The number of hydrogen-bond acceptors (Lipinski definition) is 4. The van der Waals surface area contributed by atoms with Gasteiger partial charge in [0.25, 0.3) is 0 Å². The highest BCUT2D eigenvalue weighted by Crippen LogP contribution is 2.14. The highest BCUT2D eigenvalue weighted by Gasteiger charge is 2.09. The van der Waals surface area contributed by atoms with Crippen molar-refractivity contribution in [3.05, 3.63) is 59.6 Å². The molecule has 2 aromatic rings. The maximum Gasteiger partial charge on any atom is 0.373 e. The van der Waals surface area contributed by atoms with Gasteiger partial charge in [0.1, 0.15) is 11.5 Å². The van der Waals surface area contributed by atoms with E-state index in [4.69, 9.17) is 9.15 Å². The van der Waals surface area contributed by atoms with E-state index in [2.05, 4.69) is 4.74 Å². The molecule has 0 saturated carbocycles. The van der Waals surface area contributed by atoms with Crippen molar-refractivity contribution >= 4 is 12.0 Å². The van der Waals surface area contributed by atoms with Crippen LogP contribution in [0.5, 0.6) is 5.75 Å². The molecule has 0 aliphatic carbocycles. The van der Waals surface area contributed by atoms with E-state index in [0.29, 0.717) is 6.42 Å². The number of carbonyl (C=O) groups is 1. The third kappa shape index (κ3) is 3.51. The van der Waals surface area contributed by atoms with Crippen LogP contribution in [0.4, 0.5) is 0 Å². The standard InChI is InChI=1S/C16H16O4/c1-18-13-8-6-12(7-9-13)4-3-5-14-10-11-15(20-14)16(17)19-2/h3-4,6-11H,5H2,1-2H3/b4-3+. The predicted octanol–water partition coefficient (Wildman–Crippen LogP) is 3.33. The number of esters is 1. The maximum absolute atomic E-state index is 11.2. The predicted molar refractivity (Wildman–Crippen MR) is 75.8 cm³/mol. The molecule has 0 N–H and O–H groups in total. The summed E-state index contributed by atoms with van der Waals surface area (Å²) in [5.74, 6) is 1.31. The summed E-state index contributed by atoms with van der Waals surface area (Å²) in [6.45, 7) is 0. The molecule has 1 heterocycles. The van der Waals surface area contributed by atoms with E-state index >= 15 is 0 Å². The third-order valence-electron chi connectivity index (χ3n) is 2.79. The van der Waals surface area contributed by atoms with Gasteiger partial charge in [-0.15, -0.1) is 0 Å². The van der Waals surface area contributed by atoms with Gasteiger partial charge in [-0.05, 0) is 29.8 Å². The molecular weight excluding hydrogens is 256 g/mol. The molecule has 0 fully saturated rings. The van der Waals surface area contributed by atoms with Crippen LogP contribution >= 0.6 is 0 Å². The second-order valence-electron chi connectivity index (χ2n) is 4.14. The lowest BCUT2D eigenvalue weighted by atomic mass is 10.2. The lowest BCUT2D eigenvalue weighted by Gasteiger charge is -1.98. The largest absolute Gasteiger partial charge is 0.497 e. The summed E-state index contributed by atoms with van der Waals surface area (Å²) >= 11 is 0. The second kappa shape index (κ2) is 6.61. The van der Waals surface area contributed by atoms with Gasteiger partial charge in [-0.25, -0.2) is 4.79 Å². The molecule has 0 atom stereocenters. The molecule has 4 heteroatoms. The maximum atomic E-state index is 11.2. The summed E-state index contributed by atoms with van der Waals surface area (Å²) in [6, 6.07) is 11.1. The molecule has 0 aliphatic rings. The van der Waals surface area contributed by atoms with E-state index in [1.54, 1.807) is 19.2 Å². The number of furan rings is 1. The molecule has 0 saturated heterocycles. The molecule has 0 amide bonds. The first kappa shape index (κ1) is 13.9. The molecule has 1 aromatic heterocycles. The minimum absolute atomic E-state index is 0.223.